The lowest BCUT2D eigenvalue weighted by Gasteiger charge is -2.27. The molecule has 2 saturated carbocycles. The van der Waals surface area contributed by atoms with Crippen molar-refractivity contribution in [1.29, 1.82) is 0 Å². The molecule has 1 amide bonds. The second-order valence-electron chi connectivity index (χ2n) is 6.60. The van der Waals surface area contributed by atoms with Gasteiger partial charge in [-0.1, -0.05) is 0 Å². The predicted molar refractivity (Wildman–Crippen MR) is 85.4 cm³/mol. The maximum absolute atomic E-state index is 12.3. The molecule has 3 fully saturated rings. The third-order valence-corrected chi connectivity index (χ3v) is 5.34. The molecule has 0 aromatic heterocycles. The molecule has 0 spiro atoms. The van der Waals surface area contributed by atoms with E-state index in [-0.39, 0.29) is 42.7 Å². The van der Waals surface area contributed by atoms with Crippen molar-refractivity contribution in [1.82, 2.24) is 10.2 Å². The maximum atomic E-state index is 12.3. The van der Waals surface area contributed by atoms with Gasteiger partial charge in [-0.25, -0.2) is 0 Å². The molecule has 118 valence electrons. The highest BCUT2D eigenvalue weighted by Crippen LogP contribution is 2.47. The fourth-order valence-corrected chi connectivity index (χ4v) is 4.28. The van der Waals surface area contributed by atoms with Gasteiger partial charge in [0.1, 0.15) is 0 Å². The zero-order valence-electron chi connectivity index (χ0n) is 12.1. The van der Waals surface area contributed by atoms with Gasteiger partial charge in [0, 0.05) is 19.1 Å². The molecule has 0 radical (unpaired) electrons. The summed E-state index contributed by atoms with van der Waals surface area (Å²) in [4.78, 5) is 14.6. The average molecular weight is 324 g/mol. The first-order valence-electron chi connectivity index (χ1n) is 7.37. The minimum Gasteiger partial charge on any atom is -0.355 e. The number of nitrogens with zero attached hydrogens (tertiary/aromatic N) is 1. The van der Waals surface area contributed by atoms with Crippen molar-refractivity contribution >= 4 is 30.7 Å². The topological polar surface area (TPSA) is 58.4 Å². The zero-order chi connectivity index (χ0) is 12.7. The predicted octanol–water partition coefficient (Wildman–Crippen LogP) is 1.27. The van der Waals surface area contributed by atoms with E-state index in [9.17, 15) is 4.79 Å². The number of carbonyl (C=O) groups excluding carboxylic acids is 1. The first-order valence-corrected chi connectivity index (χ1v) is 7.37. The van der Waals surface area contributed by atoms with Gasteiger partial charge in [0.15, 0.2) is 0 Å². The summed E-state index contributed by atoms with van der Waals surface area (Å²) < 4.78 is 0. The molecule has 1 aliphatic heterocycles. The van der Waals surface area contributed by atoms with Crippen LogP contribution in [0.1, 0.15) is 25.7 Å². The third kappa shape index (κ3) is 3.41. The number of nitrogens with one attached hydrogen (secondary N) is 1. The van der Waals surface area contributed by atoms with Crippen LogP contribution in [0.4, 0.5) is 0 Å². The summed E-state index contributed by atoms with van der Waals surface area (Å²) in [6.45, 7) is 3.11. The Bertz CT molecular complexity index is 340. The molecular weight excluding hydrogens is 297 g/mol. The van der Waals surface area contributed by atoms with E-state index >= 15 is 0 Å². The third-order valence-electron chi connectivity index (χ3n) is 5.34. The van der Waals surface area contributed by atoms with Gasteiger partial charge in [-0.05, 0) is 57.0 Å². The standard InChI is InChI=1S/C14H25N3O.2ClH/c1-17-5-4-9(8-17)7-16-14(18)12-10-2-3-11(6-10)13(12)15;;/h9-13H,2-8,15H2,1H3,(H,16,18);2*1H. The Balaban J connectivity index is 0.000001000. The van der Waals surface area contributed by atoms with Crippen molar-refractivity contribution in [3.63, 3.8) is 0 Å². The van der Waals surface area contributed by atoms with Gasteiger partial charge in [0.05, 0.1) is 5.92 Å². The molecule has 3 aliphatic rings. The molecule has 3 N–H and O–H groups in total. The second-order valence-corrected chi connectivity index (χ2v) is 6.60. The van der Waals surface area contributed by atoms with E-state index in [4.69, 9.17) is 5.73 Å². The Morgan fingerprint density at radius 2 is 1.95 bits per heavy atom. The molecule has 0 aromatic carbocycles. The monoisotopic (exact) mass is 323 g/mol. The van der Waals surface area contributed by atoms with Crippen LogP contribution < -0.4 is 11.1 Å². The number of halogens is 2. The lowest BCUT2D eigenvalue weighted by atomic mass is 9.84. The van der Waals surface area contributed by atoms with E-state index in [0.717, 1.165) is 19.6 Å². The highest BCUT2D eigenvalue weighted by molar-refractivity contribution is 5.85. The molecule has 1 heterocycles. The SMILES string of the molecule is CN1CCC(CNC(=O)C2C3CCC(C3)C2N)C1.Cl.Cl. The van der Waals surface area contributed by atoms with Crippen molar-refractivity contribution in [2.75, 3.05) is 26.7 Å². The van der Waals surface area contributed by atoms with Crippen molar-refractivity contribution < 1.29 is 4.79 Å². The summed E-state index contributed by atoms with van der Waals surface area (Å²) in [5, 5.41) is 3.16. The number of carbonyl (C=O) groups is 1. The molecule has 4 nitrogen and oxygen atoms in total. The Labute approximate surface area is 134 Å². The highest BCUT2D eigenvalue weighted by Gasteiger charge is 2.49. The Morgan fingerprint density at radius 1 is 1.25 bits per heavy atom. The summed E-state index contributed by atoms with van der Waals surface area (Å²) in [5.41, 5.74) is 6.20. The van der Waals surface area contributed by atoms with Crippen LogP contribution >= 0.6 is 24.8 Å². The van der Waals surface area contributed by atoms with Crippen molar-refractivity contribution in [2.45, 2.75) is 31.7 Å². The Kier molecular flexibility index (Phi) is 6.58. The van der Waals surface area contributed by atoms with Gasteiger partial charge in [-0.15, -0.1) is 24.8 Å². The Morgan fingerprint density at radius 3 is 2.50 bits per heavy atom. The number of rotatable bonds is 3. The largest absolute Gasteiger partial charge is 0.355 e. The van der Waals surface area contributed by atoms with Gasteiger partial charge in [-0.3, -0.25) is 4.79 Å². The molecule has 5 atom stereocenters. The minimum atomic E-state index is 0. The average Bonchev–Trinajstić information content (AvgIpc) is 3.02. The van der Waals surface area contributed by atoms with Crippen LogP contribution in [0.25, 0.3) is 0 Å². The fraction of sp³-hybridized carbons (Fsp3) is 0.929. The number of amides is 1. The number of likely N-dealkylation sites (tertiary alicyclic amines) is 1. The lowest BCUT2D eigenvalue weighted by Crippen LogP contribution is -2.46. The fourth-order valence-electron chi connectivity index (χ4n) is 4.28. The molecule has 2 aliphatic carbocycles. The van der Waals surface area contributed by atoms with E-state index in [0.29, 0.717) is 17.8 Å². The summed E-state index contributed by atoms with van der Waals surface area (Å²) >= 11 is 0. The van der Waals surface area contributed by atoms with Gasteiger partial charge in [-0.2, -0.15) is 0 Å². The number of hydrogen-bond acceptors (Lipinski definition) is 3. The molecule has 3 rings (SSSR count). The normalized spacial score (nSPS) is 39.2. The minimum absolute atomic E-state index is 0. The second kappa shape index (κ2) is 7.30. The van der Waals surface area contributed by atoms with Crippen molar-refractivity contribution in [3.8, 4) is 0 Å². The lowest BCUT2D eigenvalue weighted by molar-refractivity contribution is -0.127. The van der Waals surface area contributed by atoms with Gasteiger partial charge < -0.3 is 16.0 Å². The van der Waals surface area contributed by atoms with Crippen LogP contribution in [0.15, 0.2) is 0 Å². The van der Waals surface area contributed by atoms with E-state index in [2.05, 4.69) is 17.3 Å². The van der Waals surface area contributed by atoms with Crippen LogP contribution in [-0.2, 0) is 4.79 Å². The van der Waals surface area contributed by atoms with Crippen molar-refractivity contribution in [2.24, 2.45) is 29.4 Å². The van der Waals surface area contributed by atoms with E-state index in [1.165, 1.54) is 25.7 Å². The summed E-state index contributed by atoms with van der Waals surface area (Å²) in [6, 6.07) is 0.120. The molecule has 1 saturated heterocycles. The van der Waals surface area contributed by atoms with Crippen LogP contribution in [0.5, 0.6) is 0 Å². The molecule has 20 heavy (non-hydrogen) atoms. The summed E-state index contributed by atoms with van der Waals surface area (Å²) in [7, 11) is 2.15. The smallest absolute Gasteiger partial charge is 0.224 e. The van der Waals surface area contributed by atoms with Crippen LogP contribution in [0.3, 0.4) is 0 Å². The van der Waals surface area contributed by atoms with Crippen molar-refractivity contribution in [3.05, 3.63) is 0 Å². The highest BCUT2D eigenvalue weighted by atomic mass is 35.5. The first kappa shape index (κ1) is 18.0. The number of fused-ring (bicyclic) bond motifs is 2. The zero-order valence-corrected chi connectivity index (χ0v) is 13.7. The molecule has 5 unspecified atom stereocenters. The van der Waals surface area contributed by atoms with E-state index < -0.39 is 0 Å². The van der Waals surface area contributed by atoms with Crippen LogP contribution in [-0.4, -0.2) is 43.5 Å². The molecule has 6 heteroatoms. The molecular formula is C14H27Cl2N3O. The number of nitrogens with two attached hydrogens (primary N) is 1. The summed E-state index contributed by atoms with van der Waals surface area (Å²) in [5.74, 6) is 2.14. The van der Waals surface area contributed by atoms with E-state index in [1.54, 1.807) is 0 Å². The molecule has 2 bridgehead atoms. The number of hydrogen-bond donors (Lipinski definition) is 2. The maximum Gasteiger partial charge on any atom is 0.224 e. The Hall–Kier alpha value is -0.0300. The molecule has 0 aromatic rings. The van der Waals surface area contributed by atoms with Crippen LogP contribution in [0.2, 0.25) is 0 Å². The first-order chi connectivity index (χ1) is 8.65. The van der Waals surface area contributed by atoms with Gasteiger partial charge >= 0.3 is 0 Å². The van der Waals surface area contributed by atoms with Gasteiger partial charge in [0.2, 0.25) is 5.91 Å². The van der Waals surface area contributed by atoms with Gasteiger partial charge in [0.25, 0.3) is 0 Å². The van der Waals surface area contributed by atoms with Crippen LogP contribution in [0, 0.1) is 23.7 Å². The van der Waals surface area contributed by atoms with E-state index in [1.807, 2.05) is 0 Å². The quantitative estimate of drug-likeness (QED) is 0.822. The summed E-state index contributed by atoms with van der Waals surface area (Å²) in [6.07, 6.45) is 4.84.